The molecule has 1 fully saturated rings. The first-order chi connectivity index (χ1) is 6.76. The van der Waals surface area contributed by atoms with E-state index in [2.05, 4.69) is 24.1 Å². The number of hydrogen-bond acceptors (Lipinski definition) is 3. The average Bonchev–Trinajstić information content (AvgIpc) is 2.19. The number of likely N-dealkylation sites (N-methyl/N-ethyl adjacent to an activating group) is 1. The number of ether oxygens (including phenoxy) is 1. The molecule has 2 atom stereocenters. The highest BCUT2D eigenvalue weighted by atomic mass is 16.5. The Labute approximate surface area is 87.8 Å². The summed E-state index contributed by atoms with van der Waals surface area (Å²) in [4.78, 5) is 2.53. The topological polar surface area (TPSA) is 24.5 Å². The van der Waals surface area contributed by atoms with Crippen LogP contribution in [0.2, 0.25) is 0 Å². The minimum absolute atomic E-state index is 0.387. The SMILES string of the molecule is CCC(C)CN1CCOC(CNC)C1. The highest BCUT2D eigenvalue weighted by molar-refractivity contribution is 4.73. The summed E-state index contributed by atoms with van der Waals surface area (Å²) in [6, 6.07) is 0. The van der Waals surface area contributed by atoms with Crippen molar-refractivity contribution in [2.75, 3.05) is 39.8 Å². The third-order valence-electron chi connectivity index (χ3n) is 2.92. The Morgan fingerprint density at radius 3 is 3.00 bits per heavy atom. The summed E-state index contributed by atoms with van der Waals surface area (Å²) in [5.74, 6) is 0.809. The van der Waals surface area contributed by atoms with Crippen molar-refractivity contribution in [3.05, 3.63) is 0 Å². The fourth-order valence-corrected chi connectivity index (χ4v) is 1.87. The quantitative estimate of drug-likeness (QED) is 0.715. The van der Waals surface area contributed by atoms with Gasteiger partial charge in [-0.15, -0.1) is 0 Å². The zero-order valence-corrected chi connectivity index (χ0v) is 9.75. The molecule has 1 aliphatic heterocycles. The summed E-state index contributed by atoms with van der Waals surface area (Å²) in [5.41, 5.74) is 0. The summed E-state index contributed by atoms with van der Waals surface area (Å²) >= 11 is 0. The molecule has 84 valence electrons. The molecule has 1 N–H and O–H groups in total. The van der Waals surface area contributed by atoms with Gasteiger partial charge < -0.3 is 10.1 Å². The molecule has 3 nitrogen and oxygen atoms in total. The van der Waals surface area contributed by atoms with Gasteiger partial charge >= 0.3 is 0 Å². The Hall–Kier alpha value is -0.120. The fourth-order valence-electron chi connectivity index (χ4n) is 1.87. The van der Waals surface area contributed by atoms with Crippen LogP contribution in [0.3, 0.4) is 0 Å². The Balaban J connectivity index is 2.25. The first-order valence-corrected chi connectivity index (χ1v) is 5.74. The van der Waals surface area contributed by atoms with Gasteiger partial charge in [-0.2, -0.15) is 0 Å². The number of rotatable bonds is 5. The van der Waals surface area contributed by atoms with E-state index in [9.17, 15) is 0 Å². The molecule has 2 unspecified atom stereocenters. The predicted octanol–water partition coefficient (Wildman–Crippen LogP) is 0.953. The van der Waals surface area contributed by atoms with Crippen LogP contribution in [0.4, 0.5) is 0 Å². The molecule has 14 heavy (non-hydrogen) atoms. The minimum atomic E-state index is 0.387. The highest BCUT2D eigenvalue weighted by Crippen LogP contribution is 2.09. The maximum absolute atomic E-state index is 5.66. The Bertz CT molecular complexity index is 150. The van der Waals surface area contributed by atoms with E-state index in [-0.39, 0.29) is 0 Å². The largest absolute Gasteiger partial charge is 0.374 e. The van der Waals surface area contributed by atoms with Crippen molar-refractivity contribution >= 4 is 0 Å². The first kappa shape index (κ1) is 12.0. The lowest BCUT2D eigenvalue weighted by Gasteiger charge is -2.34. The molecule has 0 bridgehead atoms. The van der Waals surface area contributed by atoms with Crippen LogP contribution in [0.25, 0.3) is 0 Å². The molecule has 0 aromatic rings. The van der Waals surface area contributed by atoms with Crippen LogP contribution in [0.5, 0.6) is 0 Å². The molecule has 1 aliphatic rings. The van der Waals surface area contributed by atoms with E-state index in [0.29, 0.717) is 6.10 Å². The van der Waals surface area contributed by atoms with Gasteiger partial charge in [0.05, 0.1) is 12.7 Å². The third kappa shape index (κ3) is 3.95. The maximum atomic E-state index is 5.66. The molecule has 0 aromatic carbocycles. The molecule has 0 aliphatic carbocycles. The minimum Gasteiger partial charge on any atom is -0.374 e. The van der Waals surface area contributed by atoms with Crippen molar-refractivity contribution < 1.29 is 4.74 Å². The molecule has 1 rings (SSSR count). The van der Waals surface area contributed by atoms with Crippen molar-refractivity contribution in [1.82, 2.24) is 10.2 Å². The van der Waals surface area contributed by atoms with Crippen LogP contribution in [0.1, 0.15) is 20.3 Å². The zero-order chi connectivity index (χ0) is 10.4. The Kier molecular flexibility index (Phi) is 5.45. The Morgan fingerprint density at radius 2 is 2.36 bits per heavy atom. The molecule has 0 radical (unpaired) electrons. The molecular formula is C11H24N2O. The molecule has 3 heteroatoms. The van der Waals surface area contributed by atoms with E-state index in [1.807, 2.05) is 7.05 Å². The monoisotopic (exact) mass is 200 g/mol. The van der Waals surface area contributed by atoms with E-state index in [4.69, 9.17) is 4.74 Å². The van der Waals surface area contributed by atoms with Crippen LogP contribution >= 0.6 is 0 Å². The summed E-state index contributed by atoms with van der Waals surface area (Å²) < 4.78 is 5.66. The first-order valence-electron chi connectivity index (χ1n) is 5.74. The van der Waals surface area contributed by atoms with Crippen molar-refractivity contribution in [3.8, 4) is 0 Å². The maximum Gasteiger partial charge on any atom is 0.0826 e. The van der Waals surface area contributed by atoms with Crippen molar-refractivity contribution in [3.63, 3.8) is 0 Å². The van der Waals surface area contributed by atoms with E-state index in [1.54, 1.807) is 0 Å². The molecule has 0 amide bonds. The van der Waals surface area contributed by atoms with Crippen molar-refractivity contribution in [1.29, 1.82) is 0 Å². The smallest absolute Gasteiger partial charge is 0.0826 e. The van der Waals surface area contributed by atoms with Gasteiger partial charge in [0.15, 0.2) is 0 Å². The predicted molar refractivity (Wildman–Crippen MR) is 59.6 cm³/mol. The third-order valence-corrected chi connectivity index (χ3v) is 2.92. The van der Waals surface area contributed by atoms with E-state index < -0.39 is 0 Å². The molecule has 1 saturated heterocycles. The number of nitrogens with zero attached hydrogens (tertiary/aromatic N) is 1. The lowest BCUT2D eigenvalue weighted by Crippen LogP contribution is -2.47. The lowest BCUT2D eigenvalue weighted by molar-refractivity contribution is -0.0302. The molecule has 0 spiro atoms. The van der Waals surface area contributed by atoms with Gasteiger partial charge in [-0.3, -0.25) is 4.90 Å². The standard InChI is InChI=1S/C11H24N2O/c1-4-10(2)8-13-5-6-14-11(9-13)7-12-3/h10-12H,4-9H2,1-3H3. The summed E-state index contributed by atoms with van der Waals surface area (Å²) in [7, 11) is 1.98. The molecule has 0 saturated carbocycles. The van der Waals surface area contributed by atoms with Gasteiger partial charge in [-0.05, 0) is 13.0 Å². The lowest BCUT2D eigenvalue weighted by atomic mass is 10.1. The van der Waals surface area contributed by atoms with Gasteiger partial charge in [-0.25, -0.2) is 0 Å². The van der Waals surface area contributed by atoms with Crippen molar-refractivity contribution in [2.24, 2.45) is 5.92 Å². The van der Waals surface area contributed by atoms with Gasteiger partial charge in [0, 0.05) is 26.2 Å². The molecule has 1 heterocycles. The van der Waals surface area contributed by atoms with Gasteiger partial charge in [-0.1, -0.05) is 20.3 Å². The summed E-state index contributed by atoms with van der Waals surface area (Å²) in [6.07, 6.45) is 1.66. The van der Waals surface area contributed by atoms with Crippen LogP contribution < -0.4 is 5.32 Å². The molecular weight excluding hydrogens is 176 g/mol. The van der Waals surface area contributed by atoms with E-state index in [1.165, 1.54) is 13.0 Å². The van der Waals surface area contributed by atoms with Gasteiger partial charge in [0.2, 0.25) is 0 Å². The zero-order valence-electron chi connectivity index (χ0n) is 9.75. The normalized spacial score (nSPS) is 26.4. The number of hydrogen-bond donors (Lipinski definition) is 1. The van der Waals surface area contributed by atoms with Gasteiger partial charge in [0.25, 0.3) is 0 Å². The van der Waals surface area contributed by atoms with Gasteiger partial charge in [0.1, 0.15) is 0 Å². The van der Waals surface area contributed by atoms with Crippen LogP contribution in [-0.4, -0.2) is 50.8 Å². The van der Waals surface area contributed by atoms with E-state index >= 15 is 0 Å². The van der Waals surface area contributed by atoms with E-state index in [0.717, 1.165) is 32.2 Å². The van der Waals surface area contributed by atoms with Crippen LogP contribution in [-0.2, 0) is 4.74 Å². The Morgan fingerprint density at radius 1 is 1.57 bits per heavy atom. The number of morpholine rings is 1. The second-order valence-electron chi connectivity index (χ2n) is 4.32. The summed E-state index contributed by atoms with van der Waals surface area (Å²) in [6.45, 7) is 9.86. The second-order valence-corrected chi connectivity index (χ2v) is 4.32. The van der Waals surface area contributed by atoms with Crippen LogP contribution in [0.15, 0.2) is 0 Å². The van der Waals surface area contributed by atoms with Crippen molar-refractivity contribution in [2.45, 2.75) is 26.4 Å². The number of nitrogens with one attached hydrogen (secondary N) is 1. The fraction of sp³-hybridized carbons (Fsp3) is 1.00. The molecule has 0 aromatic heterocycles. The summed E-state index contributed by atoms with van der Waals surface area (Å²) in [5, 5.41) is 3.17. The second kappa shape index (κ2) is 6.38. The average molecular weight is 200 g/mol. The van der Waals surface area contributed by atoms with Crippen LogP contribution in [0, 0.1) is 5.92 Å². The highest BCUT2D eigenvalue weighted by Gasteiger charge is 2.20.